The molecule has 33 heavy (non-hydrogen) atoms. The third kappa shape index (κ3) is 4.14. The van der Waals surface area contributed by atoms with Crippen LogP contribution in [0.4, 0.5) is 87.9 Å². The second kappa shape index (κ2) is 7.78. The first-order chi connectivity index (χ1) is 13.8. The first kappa shape index (κ1) is 31.6. The Hall–Kier alpha value is -1.45. The number of carbonyl (C=O) groups excluding carboxylic acids is 1. The quantitative estimate of drug-likeness (QED) is 0.131. The maximum absolute atomic E-state index is 13.3. The van der Waals surface area contributed by atoms with Gasteiger partial charge in [0.2, 0.25) is 0 Å². The van der Waals surface area contributed by atoms with Crippen molar-refractivity contribution in [2.45, 2.75) is 52.6 Å². The van der Waals surface area contributed by atoms with Gasteiger partial charge in [-0.05, 0) is 15.9 Å². The molecule has 0 saturated heterocycles. The lowest BCUT2D eigenvalue weighted by atomic mass is 9.90. The van der Waals surface area contributed by atoms with Crippen molar-refractivity contribution in [2.75, 3.05) is 0 Å². The number of hydrogen-bond donors (Lipinski definition) is 0. The van der Waals surface area contributed by atoms with Crippen molar-refractivity contribution in [3.63, 3.8) is 0 Å². The minimum absolute atomic E-state index is 0.517. The van der Waals surface area contributed by atoms with Crippen LogP contribution in [0.15, 0.2) is 0 Å². The second-order valence-corrected chi connectivity index (χ2v) is 6.57. The molecule has 0 aliphatic carbocycles. The lowest BCUT2D eigenvalue weighted by molar-refractivity contribution is -0.450. The molecule has 0 aliphatic rings. The van der Waals surface area contributed by atoms with Crippen molar-refractivity contribution in [3.05, 3.63) is 0 Å². The van der Waals surface area contributed by atoms with E-state index >= 15 is 0 Å². The number of rotatable bonds is 8. The molecule has 0 bridgehead atoms. The van der Waals surface area contributed by atoms with Crippen LogP contribution >= 0.6 is 15.9 Å². The average molecular weight is 610 g/mol. The number of halogens is 21. The zero-order valence-corrected chi connectivity index (χ0v) is 15.4. The van der Waals surface area contributed by atoms with Crippen molar-refractivity contribution in [3.8, 4) is 0 Å². The molecular formula is C10BrF20NO. The SMILES string of the molecule is O=C(N(F)C(F)(F)C(F)(F)Br)C(F)(F)C(F)(F)C(F)(F)C(F)(F)C(F)(F)C(F)(F)C(F)(F)F. The van der Waals surface area contributed by atoms with E-state index in [9.17, 15) is 92.7 Å². The largest absolute Gasteiger partial charge is 0.460 e. The highest BCUT2D eigenvalue weighted by atomic mass is 79.9. The average Bonchev–Trinajstić information content (AvgIpc) is 2.57. The van der Waals surface area contributed by atoms with Gasteiger partial charge in [-0.25, -0.2) is 0 Å². The molecule has 0 saturated carbocycles. The van der Waals surface area contributed by atoms with E-state index in [1.54, 1.807) is 0 Å². The summed E-state index contributed by atoms with van der Waals surface area (Å²) in [5.74, 6) is -57.0. The zero-order valence-electron chi connectivity index (χ0n) is 13.8. The van der Waals surface area contributed by atoms with E-state index in [1.807, 2.05) is 0 Å². The fourth-order valence-corrected chi connectivity index (χ4v) is 1.62. The van der Waals surface area contributed by atoms with E-state index in [2.05, 4.69) is 0 Å². The highest BCUT2D eigenvalue weighted by Gasteiger charge is 2.94. The summed E-state index contributed by atoms with van der Waals surface area (Å²) >= 11 is 0.517. The molecule has 0 aromatic carbocycles. The molecule has 0 radical (unpaired) electrons. The molecule has 0 heterocycles. The first-order valence-corrected chi connectivity index (χ1v) is 7.39. The van der Waals surface area contributed by atoms with Crippen LogP contribution in [-0.4, -0.2) is 63.6 Å². The number of hydrogen-bond acceptors (Lipinski definition) is 1. The minimum atomic E-state index is -8.90. The molecule has 0 unspecified atom stereocenters. The van der Waals surface area contributed by atoms with Crippen LogP contribution in [0.2, 0.25) is 0 Å². The molecule has 0 atom stereocenters. The van der Waals surface area contributed by atoms with Crippen LogP contribution in [-0.2, 0) is 4.79 Å². The van der Waals surface area contributed by atoms with Gasteiger partial charge in [0.25, 0.3) is 0 Å². The summed E-state index contributed by atoms with van der Waals surface area (Å²) in [4.78, 5) is 4.50. The van der Waals surface area contributed by atoms with Gasteiger partial charge in [-0.3, -0.25) is 4.79 Å². The summed E-state index contributed by atoms with van der Waals surface area (Å²) in [5.41, 5.74) is 0. The predicted octanol–water partition coefficient (Wildman–Crippen LogP) is 6.65. The topological polar surface area (TPSA) is 20.3 Å². The van der Waals surface area contributed by atoms with Crippen LogP contribution < -0.4 is 0 Å². The molecule has 198 valence electrons. The maximum Gasteiger partial charge on any atom is 0.460 e. The van der Waals surface area contributed by atoms with Crippen molar-refractivity contribution in [2.24, 2.45) is 0 Å². The van der Waals surface area contributed by atoms with Crippen molar-refractivity contribution in [1.29, 1.82) is 0 Å². The summed E-state index contributed by atoms with van der Waals surface area (Å²) < 4.78 is 256. The molecular weight excluding hydrogens is 610 g/mol. The Morgan fingerprint density at radius 3 is 1.06 bits per heavy atom. The molecule has 0 aliphatic heterocycles. The van der Waals surface area contributed by atoms with Gasteiger partial charge in [-0.15, -0.1) is 0 Å². The molecule has 0 rings (SSSR count). The maximum atomic E-state index is 13.3. The summed E-state index contributed by atoms with van der Waals surface area (Å²) in [6, 6.07) is -7.01. The van der Waals surface area contributed by atoms with E-state index in [0.29, 0.717) is 15.9 Å². The Bertz CT molecular complexity index is 749. The van der Waals surface area contributed by atoms with Gasteiger partial charge >= 0.3 is 58.5 Å². The van der Waals surface area contributed by atoms with Crippen LogP contribution in [0, 0.1) is 0 Å². The van der Waals surface area contributed by atoms with Crippen LogP contribution in [0.3, 0.4) is 0 Å². The summed E-state index contributed by atoms with van der Waals surface area (Å²) in [6.45, 7) is 0. The fraction of sp³-hybridized carbons (Fsp3) is 0.900. The van der Waals surface area contributed by atoms with Crippen LogP contribution in [0.25, 0.3) is 0 Å². The van der Waals surface area contributed by atoms with Gasteiger partial charge in [0.05, 0.1) is 0 Å². The summed E-state index contributed by atoms with van der Waals surface area (Å²) in [7, 11) is 0. The van der Waals surface area contributed by atoms with E-state index in [1.165, 1.54) is 0 Å². The van der Waals surface area contributed by atoms with Crippen LogP contribution in [0.1, 0.15) is 0 Å². The third-order valence-corrected chi connectivity index (χ3v) is 3.84. The van der Waals surface area contributed by atoms with Gasteiger partial charge < -0.3 is 0 Å². The minimum Gasteiger partial charge on any atom is -0.265 e. The van der Waals surface area contributed by atoms with Gasteiger partial charge in [-0.1, -0.05) is 9.60 Å². The van der Waals surface area contributed by atoms with Gasteiger partial charge in [0.15, 0.2) is 0 Å². The van der Waals surface area contributed by atoms with Crippen molar-refractivity contribution >= 4 is 21.8 Å². The van der Waals surface area contributed by atoms with Gasteiger partial charge in [-0.2, -0.15) is 83.4 Å². The Balaban J connectivity index is 6.75. The summed E-state index contributed by atoms with van der Waals surface area (Å²) in [6.07, 6.45) is -7.93. The zero-order chi connectivity index (χ0) is 27.7. The molecule has 2 nitrogen and oxygen atoms in total. The number of nitrogens with zero attached hydrogens (tertiary/aromatic N) is 1. The highest BCUT2D eigenvalue weighted by Crippen LogP contribution is 2.62. The normalized spacial score (nSPS) is 16.2. The molecule has 0 fully saturated rings. The molecule has 0 aromatic heterocycles. The Labute approximate surface area is 173 Å². The standard InChI is InChI=1S/C10BrF20NO/c11-8(24,25)10(29,30)32(31)1(33)2(12,13)3(14,15)4(16,17)5(18,19)6(20,21)7(22,23)9(26,27)28. The van der Waals surface area contributed by atoms with E-state index < -0.39 is 63.6 Å². The molecule has 0 spiro atoms. The molecule has 0 aromatic rings. The Kier molecular flexibility index (Phi) is 7.44. The van der Waals surface area contributed by atoms with Gasteiger partial charge in [0.1, 0.15) is 0 Å². The van der Waals surface area contributed by atoms with E-state index in [0.717, 1.165) is 0 Å². The highest BCUT2D eigenvalue weighted by molar-refractivity contribution is 9.10. The van der Waals surface area contributed by atoms with E-state index in [4.69, 9.17) is 0 Å². The van der Waals surface area contributed by atoms with Gasteiger partial charge in [0, 0.05) is 0 Å². The number of alkyl halides is 20. The monoisotopic (exact) mass is 609 g/mol. The Morgan fingerprint density at radius 2 is 0.788 bits per heavy atom. The summed E-state index contributed by atoms with van der Waals surface area (Å²) in [5, 5.41) is -3.94. The smallest absolute Gasteiger partial charge is 0.265 e. The lowest BCUT2D eigenvalue weighted by Gasteiger charge is -2.41. The molecule has 23 heteroatoms. The second-order valence-electron chi connectivity index (χ2n) is 5.57. The van der Waals surface area contributed by atoms with Crippen molar-refractivity contribution in [1.82, 2.24) is 5.12 Å². The Morgan fingerprint density at radius 1 is 0.515 bits per heavy atom. The van der Waals surface area contributed by atoms with Crippen molar-refractivity contribution < 1.29 is 92.7 Å². The predicted molar refractivity (Wildman–Crippen MR) is 62.5 cm³/mol. The molecule has 0 N–H and O–H groups in total. The van der Waals surface area contributed by atoms with Crippen LogP contribution in [0.5, 0.6) is 0 Å². The van der Waals surface area contributed by atoms with E-state index in [-0.39, 0.29) is 0 Å². The lowest BCUT2D eigenvalue weighted by Crippen LogP contribution is -2.74. The number of amides is 1. The number of carbonyl (C=O) groups is 1. The fourth-order valence-electron chi connectivity index (χ4n) is 1.46. The molecule has 1 amide bonds. The third-order valence-electron chi connectivity index (χ3n) is 3.36. The first-order valence-electron chi connectivity index (χ1n) is 6.60.